The zero-order chi connectivity index (χ0) is 27.9. The Balaban J connectivity index is 1.67. The van der Waals surface area contributed by atoms with Crippen LogP contribution in [0.2, 0.25) is 0 Å². The molecule has 1 atom stereocenters. The van der Waals surface area contributed by atoms with Gasteiger partial charge >= 0.3 is 12.3 Å². The van der Waals surface area contributed by atoms with E-state index in [1.165, 1.54) is 18.3 Å². The third-order valence-corrected chi connectivity index (χ3v) is 6.36. The van der Waals surface area contributed by atoms with Crippen molar-refractivity contribution in [1.82, 2.24) is 19.9 Å². The Kier molecular flexibility index (Phi) is 7.21. The van der Waals surface area contributed by atoms with Crippen LogP contribution in [0, 0.1) is 0 Å². The van der Waals surface area contributed by atoms with Crippen molar-refractivity contribution in [3.63, 3.8) is 0 Å². The number of carbonyl (C=O) groups excluding carboxylic acids is 1. The van der Waals surface area contributed by atoms with E-state index in [4.69, 9.17) is 4.74 Å². The van der Waals surface area contributed by atoms with Crippen molar-refractivity contribution < 1.29 is 31.1 Å². The number of ether oxygens (including phenoxy) is 1. The van der Waals surface area contributed by atoms with Crippen LogP contribution in [0.4, 0.5) is 29.6 Å². The molecule has 1 amide bonds. The molecule has 1 fully saturated rings. The Morgan fingerprint density at radius 2 is 1.97 bits per heavy atom. The number of halogens is 3. The number of alkyl halides is 3. The fourth-order valence-electron chi connectivity index (χ4n) is 4.27. The van der Waals surface area contributed by atoms with Crippen molar-refractivity contribution in [3.8, 4) is 11.3 Å². The number of benzene rings is 1. The minimum atomic E-state index is -4.74. The first kappa shape index (κ1) is 27.5. The van der Waals surface area contributed by atoms with E-state index >= 15 is 0 Å². The van der Waals surface area contributed by atoms with Crippen LogP contribution in [0.1, 0.15) is 39.2 Å². The number of amides is 1. The van der Waals surface area contributed by atoms with Crippen LogP contribution in [0.15, 0.2) is 30.6 Å². The summed E-state index contributed by atoms with van der Waals surface area (Å²) in [5.74, 6) is -0.0243. The Morgan fingerprint density at radius 3 is 2.63 bits per heavy atom. The number of piperidine rings is 1. The first-order chi connectivity index (χ1) is 17.6. The van der Waals surface area contributed by atoms with Gasteiger partial charge in [0.05, 0.1) is 23.2 Å². The number of fused-ring (bicyclic) bond motifs is 1. The highest BCUT2D eigenvalue weighted by atomic mass is 32.2. The van der Waals surface area contributed by atoms with Crippen molar-refractivity contribution in [2.24, 2.45) is 0 Å². The zero-order valence-electron chi connectivity index (χ0n) is 21.3. The largest absolute Gasteiger partial charge is 0.444 e. The van der Waals surface area contributed by atoms with Gasteiger partial charge in [0.1, 0.15) is 11.2 Å². The predicted molar refractivity (Wildman–Crippen MR) is 137 cm³/mol. The van der Waals surface area contributed by atoms with E-state index in [0.29, 0.717) is 30.3 Å². The summed E-state index contributed by atoms with van der Waals surface area (Å²) in [5.41, 5.74) is -1.41. The van der Waals surface area contributed by atoms with Crippen LogP contribution in [0.3, 0.4) is 0 Å². The monoisotopic (exact) mass is 554 g/mol. The van der Waals surface area contributed by atoms with Gasteiger partial charge in [-0.05, 0) is 39.7 Å². The molecule has 38 heavy (non-hydrogen) atoms. The smallest absolute Gasteiger partial charge is 0.419 e. The molecule has 1 saturated heterocycles. The molecule has 10 nitrogen and oxygen atoms in total. The molecule has 4 rings (SSSR count). The first-order valence-electron chi connectivity index (χ1n) is 11.9. The maximum absolute atomic E-state index is 13.9. The molecule has 0 saturated carbocycles. The molecule has 0 radical (unpaired) electrons. The van der Waals surface area contributed by atoms with Gasteiger partial charge < -0.3 is 19.9 Å². The highest BCUT2D eigenvalue weighted by Gasteiger charge is 2.36. The average Bonchev–Trinajstić information content (AvgIpc) is 3.21. The molecule has 1 aliphatic heterocycles. The Hall–Kier alpha value is -3.55. The fraction of sp³-hybridized carbons (Fsp3) is 0.458. The molecule has 0 spiro atoms. The molecule has 3 heterocycles. The number of sulfonamides is 1. The van der Waals surface area contributed by atoms with E-state index in [0.717, 1.165) is 12.5 Å². The van der Waals surface area contributed by atoms with E-state index < -0.39 is 33.5 Å². The molecule has 0 aliphatic carbocycles. The molecule has 1 aliphatic rings. The summed E-state index contributed by atoms with van der Waals surface area (Å²) in [4.78, 5) is 25.0. The molecule has 1 aromatic carbocycles. The standard InChI is InChI=1S/C24H29F3N6O4S/c1-23(2,3)37-22(34)33-10-6-7-14(13-33)30-21-29-12-17(24(25,26)27)19(31-21)16-11-28-20-15(16)8-5-9-18(20)32-38(4,35)36/h5,8-9,11-12,14,28,32H,6-7,10,13H2,1-4H3,(H,29,30,31)/t14-/m0/s1. The van der Waals surface area contributed by atoms with Gasteiger partial charge in [-0.3, -0.25) is 4.72 Å². The van der Waals surface area contributed by atoms with Crippen LogP contribution in [-0.4, -0.2) is 65.4 Å². The van der Waals surface area contributed by atoms with Crippen LogP contribution in [0.5, 0.6) is 0 Å². The number of likely N-dealkylation sites (tertiary alicyclic amines) is 1. The minimum absolute atomic E-state index is 0.0243. The number of aromatic nitrogens is 3. The van der Waals surface area contributed by atoms with Gasteiger partial charge in [0.2, 0.25) is 16.0 Å². The fourth-order valence-corrected chi connectivity index (χ4v) is 4.84. The van der Waals surface area contributed by atoms with Gasteiger partial charge in [0.25, 0.3) is 0 Å². The molecule has 0 bridgehead atoms. The highest BCUT2D eigenvalue weighted by Crippen LogP contribution is 2.40. The van der Waals surface area contributed by atoms with E-state index in [2.05, 4.69) is 25.0 Å². The lowest BCUT2D eigenvalue weighted by atomic mass is 10.0. The maximum Gasteiger partial charge on any atom is 0.419 e. The lowest BCUT2D eigenvalue weighted by Crippen LogP contribution is -2.47. The third-order valence-electron chi connectivity index (χ3n) is 5.77. The number of nitrogens with one attached hydrogen (secondary N) is 3. The Morgan fingerprint density at radius 1 is 1.24 bits per heavy atom. The van der Waals surface area contributed by atoms with E-state index in [-0.39, 0.29) is 35.5 Å². The number of para-hydroxylation sites is 1. The van der Waals surface area contributed by atoms with Gasteiger partial charge in [0, 0.05) is 42.5 Å². The zero-order valence-corrected chi connectivity index (χ0v) is 22.1. The molecule has 2 aromatic heterocycles. The molecule has 3 aromatic rings. The van der Waals surface area contributed by atoms with Crippen LogP contribution < -0.4 is 10.0 Å². The number of hydrogen-bond acceptors (Lipinski definition) is 7. The molecule has 0 unspecified atom stereocenters. The number of aromatic amines is 1. The second-order valence-corrected chi connectivity index (χ2v) is 11.9. The van der Waals surface area contributed by atoms with Crippen LogP contribution in [0.25, 0.3) is 22.2 Å². The second-order valence-electron chi connectivity index (χ2n) is 10.2. The van der Waals surface area contributed by atoms with Crippen LogP contribution >= 0.6 is 0 Å². The number of H-pyrrole nitrogens is 1. The van der Waals surface area contributed by atoms with Gasteiger partial charge in [-0.25, -0.2) is 23.2 Å². The van der Waals surface area contributed by atoms with Gasteiger partial charge in [-0.15, -0.1) is 0 Å². The van der Waals surface area contributed by atoms with Crippen LogP contribution in [-0.2, 0) is 20.9 Å². The summed E-state index contributed by atoms with van der Waals surface area (Å²) >= 11 is 0. The van der Waals surface area contributed by atoms with Gasteiger partial charge in [-0.2, -0.15) is 13.2 Å². The number of nitrogens with zero attached hydrogens (tertiary/aromatic N) is 3. The summed E-state index contributed by atoms with van der Waals surface area (Å²) in [6.45, 7) is 6.10. The SMILES string of the molecule is CC(C)(C)OC(=O)N1CCC[C@H](Nc2ncc(C(F)(F)F)c(-c3c[nH]c4c(NS(C)(=O)=O)cccc34)n2)C1. The molecule has 14 heteroatoms. The summed E-state index contributed by atoms with van der Waals surface area (Å²) < 4.78 is 73.1. The number of carbonyl (C=O) groups is 1. The summed E-state index contributed by atoms with van der Waals surface area (Å²) in [5, 5.41) is 3.41. The van der Waals surface area contributed by atoms with Crippen molar-refractivity contribution in [3.05, 3.63) is 36.2 Å². The second kappa shape index (κ2) is 9.97. The topological polar surface area (TPSA) is 129 Å². The van der Waals surface area contributed by atoms with Crippen molar-refractivity contribution in [1.29, 1.82) is 0 Å². The van der Waals surface area contributed by atoms with Crippen molar-refractivity contribution >= 4 is 38.7 Å². The van der Waals surface area contributed by atoms with Crippen molar-refractivity contribution in [2.45, 2.75) is 51.4 Å². The number of anilines is 2. The average molecular weight is 555 g/mol. The summed E-state index contributed by atoms with van der Waals surface area (Å²) in [6.07, 6.45) is -0.820. The Bertz CT molecular complexity index is 1450. The maximum atomic E-state index is 13.9. The van der Waals surface area contributed by atoms with E-state index in [9.17, 15) is 26.4 Å². The molecule has 206 valence electrons. The van der Waals surface area contributed by atoms with Gasteiger partial charge in [0.15, 0.2) is 0 Å². The Labute approximate surface area is 218 Å². The minimum Gasteiger partial charge on any atom is -0.444 e. The number of hydrogen-bond donors (Lipinski definition) is 3. The quantitative estimate of drug-likeness (QED) is 0.412. The lowest BCUT2D eigenvalue weighted by molar-refractivity contribution is -0.137. The molecular weight excluding hydrogens is 525 g/mol. The van der Waals surface area contributed by atoms with E-state index in [1.807, 2.05) is 0 Å². The lowest BCUT2D eigenvalue weighted by Gasteiger charge is -2.34. The summed E-state index contributed by atoms with van der Waals surface area (Å²) in [6, 6.07) is 4.31. The number of rotatable bonds is 5. The third kappa shape index (κ3) is 6.47. The van der Waals surface area contributed by atoms with Gasteiger partial charge in [-0.1, -0.05) is 12.1 Å². The first-order valence-corrected chi connectivity index (χ1v) is 13.8. The highest BCUT2D eigenvalue weighted by molar-refractivity contribution is 7.92. The normalized spacial score (nSPS) is 16.9. The molecular formula is C24H29F3N6O4S. The van der Waals surface area contributed by atoms with Crippen molar-refractivity contribution in [2.75, 3.05) is 29.4 Å². The van der Waals surface area contributed by atoms with E-state index in [1.54, 1.807) is 31.7 Å². The summed E-state index contributed by atoms with van der Waals surface area (Å²) in [7, 11) is -3.62. The molecule has 3 N–H and O–H groups in total. The predicted octanol–water partition coefficient (Wildman–Crippen LogP) is 4.83.